The van der Waals surface area contributed by atoms with Crippen molar-refractivity contribution in [1.82, 2.24) is 0 Å². The monoisotopic (exact) mass is 432 g/mol. The highest BCUT2D eigenvalue weighted by atomic mass is 16.5. The molecular weight excluding hydrogens is 408 g/mol. The molecule has 3 heterocycles. The van der Waals surface area contributed by atoms with Crippen LogP contribution in [0, 0.1) is 0 Å². The Morgan fingerprint density at radius 3 is 1.91 bits per heavy atom. The molecule has 33 heavy (non-hydrogen) atoms. The molecule has 3 heteroatoms. The van der Waals surface area contributed by atoms with Crippen LogP contribution in [0.25, 0.3) is 30.6 Å². The molecule has 3 aromatic rings. The fourth-order valence-corrected chi connectivity index (χ4v) is 3.20. The summed E-state index contributed by atoms with van der Waals surface area (Å²) in [7, 11) is 0. The number of hydrogen-bond donors (Lipinski definition) is 0. The predicted octanol–water partition coefficient (Wildman–Crippen LogP) is 6.01. The highest BCUT2D eigenvalue weighted by Gasteiger charge is 1.98. The van der Waals surface area contributed by atoms with Crippen molar-refractivity contribution < 1.29 is 14.2 Å². The van der Waals surface area contributed by atoms with Crippen LogP contribution in [0.3, 0.4) is 0 Å². The molecule has 0 radical (unpaired) electrons. The van der Waals surface area contributed by atoms with Gasteiger partial charge in [0, 0.05) is 10.8 Å². The Bertz CT molecular complexity index is 1310. The van der Waals surface area contributed by atoms with Gasteiger partial charge in [-0.2, -0.15) is 0 Å². The Balaban J connectivity index is 0.000000118. The average Bonchev–Trinajstić information content (AvgIpc) is 3.36. The second-order valence-electron chi connectivity index (χ2n) is 7.09. The van der Waals surface area contributed by atoms with Crippen LogP contribution < -0.4 is 15.2 Å². The second-order valence-corrected chi connectivity index (χ2v) is 7.09. The standard InChI is InChI=1S/3C10H8O/c1-2-7-10-9(5-1)6-3-4-8-11-10;1-2-5-10-8-11-7-3-6-9(10)4-1;1-2-4-10-6-8-11-7-5-9(10)3-1/h3*1-8H. The third-order valence-corrected chi connectivity index (χ3v) is 4.85. The number of ether oxygens (including phenoxy) is 3. The molecule has 0 N–H and O–H groups in total. The highest BCUT2D eigenvalue weighted by Crippen LogP contribution is 2.21. The van der Waals surface area contributed by atoms with E-state index in [0.717, 1.165) is 16.5 Å². The van der Waals surface area contributed by atoms with Gasteiger partial charge in [-0.3, -0.25) is 0 Å². The van der Waals surface area contributed by atoms with Crippen LogP contribution in [0.15, 0.2) is 116 Å². The largest absolute Gasteiger partial charge is 0.473 e. The maximum absolute atomic E-state index is 5.31. The first-order valence-electron chi connectivity index (χ1n) is 10.6. The summed E-state index contributed by atoms with van der Waals surface area (Å²) < 4.78 is 15.4. The first kappa shape index (κ1) is 21.7. The third-order valence-electron chi connectivity index (χ3n) is 4.85. The van der Waals surface area contributed by atoms with Gasteiger partial charge in [0.05, 0.1) is 31.3 Å². The van der Waals surface area contributed by atoms with E-state index in [9.17, 15) is 0 Å². The van der Waals surface area contributed by atoms with Crippen LogP contribution >= 0.6 is 0 Å². The summed E-state index contributed by atoms with van der Waals surface area (Å²) in [5.74, 6) is 0.914. The lowest BCUT2D eigenvalue weighted by Crippen LogP contribution is -2.22. The smallest absolute Gasteiger partial charge is 0.133 e. The molecule has 162 valence electrons. The van der Waals surface area contributed by atoms with Crippen LogP contribution in [0.1, 0.15) is 16.7 Å². The summed E-state index contributed by atoms with van der Waals surface area (Å²) in [6, 6.07) is 24.2. The van der Waals surface area contributed by atoms with Gasteiger partial charge < -0.3 is 14.2 Å². The highest BCUT2D eigenvalue weighted by molar-refractivity contribution is 5.65. The third kappa shape index (κ3) is 6.49. The molecule has 3 nitrogen and oxygen atoms in total. The van der Waals surface area contributed by atoms with E-state index in [1.54, 1.807) is 31.3 Å². The van der Waals surface area contributed by atoms with Crippen molar-refractivity contribution in [2.75, 3.05) is 0 Å². The number of benzene rings is 3. The Morgan fingerprint density at radius 2 is 1.12 bits per heavy atom. The number of rotatable bonds is 0. The van der Waals surface area contributed by atoms with Gasteiger partial charge in [0.1, 0.15) is 5.75 Å². The number of para-hydroxylation sites is 1. The summed E-state index contributed by atoms with van der Waals surface area (Å²) in [5.41, 5.74) is 3.51. The van der Waals surface area contributed by atoms with E-state index in [-0.39, 0.29) is 0 Å². The fraction of sp³-hybridized carbons (Fsp3) is 0. The summed E-state index contributed by atoms with van der Waals surface area (Å²) >= 11 is 0. The van der Waals surface area contributed by atoms with Crippen molar-refractivity contribution in [2.45, 2.75) is 0 Å². The minimum Gasteiger partial charge on any atom is -0.473 e. The Labute approximate surface area is 193 Å². The summed E-state index contributed by atoms with van der Waals surface area (Å²) in [5, 5.41) is 2.32. The Hall–Kier alpha value is -4.50. The first-order chi connectivity index (χ1) is 16.4. The fourth-order valence-electron chi connectivity index (χ4n) is 3.20. The number of fused-ring (bicyclic) bond motifs is 3. The molecule has 0 fully saturated rings. The minimum atomic E-state index is 0.914. The molecule has 0 unspecified atom stereocenters. The molecule has 0 bridgehead atoms. The molecule has 0 amide bonds. The Morgan fingerprint density at radius 1 is 0.455 bits per heavy atom. The molecule has 3 aliphatic rings. The van der Waals surface area contributed by atoms with Crippen LogP contribution in [-0.4, -0.2) is 0 Å². The zero-order valence-corrected chi connectivity index (χ0v) is 18.1. The molecule has 3 aromatic carbocycles. The van der Waals surface area contributed by atoms with Crippen LogP contribution in [0.2, 0.25) is 0 Å². The van der Waals surface area contributed by atoms with E-state index in [1.165, 1.54) is 16.3 Å². The topological polar surface area (TPSA) is 27.7 Å². The predicted molar refractivity (Wildman–Crippen MR) is 136 cm³/mol. The van der Waals surface area contributed by atoms with Gasteiger partial charge in [0.15, 0.2) is 0 Å². The average molecular weight is 433 g/mol. The van der Waals surface area contributed by atoms with Crippen LogP contribution in [0.5, 0.6) is 5.75 Å². The van der Waals surface area contributed by atoms with Gasteiger partial charge in [-0.05, 0) is 46.7 Å². The van der Waals surface area contributed by atoms with E-state index < -0.39 is 0 Å². The molecule has 0 aromatic heterocycles. The normalized spacial score (nSPS) is 13.5. The molecule has 6 rings (SSSR count). The van der Waals surface area contributed by atoms with Crippen molar-refractivity contribution in [2.24, 2.45) is 0 Å². The van der Waals surface area contributed by atoms with Crippen molar-refractivity contribution in [3.63, 3.8) is 0 Å². The molecular formula is C30H24O3. The first-order valence-corrected chi connectivity index (χ1v) is 10.6. The van der Waals surface area contributed by atoms with Gasteiger partial charge in [-0.15, -0.1) is 0 Å². The molecule has 3 aliphatic heterocycles. The molecule has 0 aliphatic carbocycles. The van der Waals surface area contributed by atoms with Gasteiger partial charge in [-0.25, -0.2) is 0 Å². The minimum absolute atomic E-state index is 0.914. The maximum Gasteiger partial charge on any atom is 0.133 e. The lowest BCUT2D eigenvalue weighted by atomic mass is 10.1. The van der Waals surface area contributed by atoms with E-state index in [4.69, 9.17) is 14.2 Å². The van der Waals surface area contributed by atoms with Gasteiger partial charge in [0.2, 0.25) is 0 Å². The van der Waals surface area contributed by atoms with Gasteiger partial charge >= 0.3 is 0 Å². The van der Waals surface area contributed by atoms with Crippen molar-refractivity contribution >= 4 is 30.6 Å². The van der Waals surface area contributed by atoms with Crippen LogP contribution in [0.4, 0.5) is 0 Å². The van der Waals surface area contributed by atoms with Gasteiger partial charge in [0.25, 0.3) is 0 Å². The van der Waals surface area contributed by atoms with E-state index >= 15 is 0 Å². The summed E-state index contributed by atoms with van der Waals surface area (Å²) in [6.45, 7) is 0. The maximum atomic E-state index is 5.31. The van der Waals surface area contributed by atoms with Crippen LogP contribution in [-0.2, 0) is 9.47 Å². The van der Waals surface area contributed by atoms with Crippen molar-refractivity contribution in [3.05, 3.63) is 143 Å². The number of hydrogen-bond acceptors (Lipinski definition) is 3. The zero-order chi connectivity index (χ0) is 22.6. The van der Waals surface area contributed by atoms with Gasteiger partial charge in [-0.1, -0.05) is 85.0 Å². The SMILES string of the molecule is C1=COC=c2ccccc2=C1.C1=COc2ccccc2C=C1.C1=Cc2ccccc2C=CO1. The molecule has 0 saturated heterocycles. The Kier molecular flexibility index (Phi) is 7.75. The van der Waals surface area contributed by atoms with Crippen molar-refractivity contribution in [1.29, 1.82) is 0 Å². The summed E-state index contributed by atoms with van der Waals surface area (Å²) in [4.78, 5) is 0. The van der Waals surface area contributed by atoms with E-state index in [1.807, 2.05) is 97.1 Å². The molecule has 0 atom stereocenters. The number of allylic oxidation sites excluding steroid dienone is 3. The molecule has 0 spiro atoms. The molecule has 0 saturated carbocycles. The zero-order valence-electron chi connectivity index (χ0n) is 18.1. The van der Waals surface area contributed by atoms with E-state index in [2.05, 4.69) is 18.2 Å². The lowest BCUT2D eigenvalue weighted by Gasteiger charge is -2.00. The van der Waals surface area contributed by atoms with E-state index in [0.29, 0.717) is 0 Å². The summed E-state index contributed by atoms with van der Waals surface area (Å²) in [6.07, 6.45) is 22.2. The van der Waals surface area contributed by atoms with Crippen molar-refractivity contribution in [3.8, 4) is 5.75 Å². The quantitative estimate of drug-likeness (QED) is 0.435. The lowest BCUT2D eigenvalue weighted by molar-refractivity contribution is 0.411. The second kappa shape index (κ2) is 11.8.